The highest BCUT2D eigenvalue weighted by molar-refractivity contribution is 5.77. The third kappa shape index (κ3) is 4.00. The van der Waals surface area contributed by atoms with Gasteiger partial charge in [0.25, 0.3) is 0 Å². The minimum Gasteiger partial charge on any atom is -0.390 e. The van der Waals surface area contributed by atoms with E-state index in [1.807, 2.05) is 6.29 Å². The third-order valence-corrected chi connectivity index (χ3v) is 2.60. The summed E-state index contributed by atoms with van der Waals surface area (Å²) < 4.78 is 0. The van der Waals surface area contributed by atoms with Gasteiger partial charge in [0.1, 0.15) is 0 Å². The molecule has 1 radical (unpaired) electrons. The van der Waals surface area contributed by atoms with Crippen LogP contribution >= 0.6 is 0 Å². The van der Waals surface area contributed by atoms with Crippen LogP contribution in [0, 0.1) is 5.92 Å². The fourth-order valence-electron chi connectivity index (χ4n) is 1.73. The van der Waals surface area contributed by atoms with E-state index in [0.29, 0.717) is 25.9 Å². The van der Waals surface area contributed by atoms with Crippen molar-refractivity contribution in [1.29, 1.82) is 0 Å². The van der Waals surface area contributed by atoms with Crippen LogP contribution in [0.4, 0.5) is 0 Å². The summed E-state index contributed by atoms with van der Waals surface area (Å²) in [6.07, 6.45) is 3.51. The molecule has 1 N–H and O–H groups in total. The summed E-state index contributed by atoms with van der Waals surface area (Å²) in [5, 5.41) is 9.51. The fourth-order valence-corrected chi connectivity index (χ4v) is 1.73. The third-order valence-electron chi connectivity index (χ3n) is 2.60. The zero-order valence-electron chi connectivity index (χ0n) is 9.32. The fraction of sp³-hybridized carbons (Fsp3) is 0.818. The number of nitrogens with zero attached hydrogens (tertiary/aromatic N) is 1. The molecule has 0 aromatic heterocycles. The Balaban J connectivity index is 2.40. The summed E-state index contributed by atoms with van der Waals surface area (Å²) in [6, 6.07) is 0. The van der Waals surface area contributed by atoms with Crippen molar-refractivity contribution < 1.29 is 14.7 Å². The highest BCUT2D eigenvalue weighted by Crippen LogP contribution is 2.17. The van der Waals surface area contributed by atoms with E-state index in [4.69, 9.17) is 0 Å². The van der Waals surface area contributed by atoms with Gasteiger partial charge in [-0.05, 0) is 26.7 Å². The Labute approximate surface area is 90.3 Å². The number of amides is 1. The lowest BCUT2D eigenvalue weighted by Gasteiger charge is -2.31. The van der Waals surface area contributed by atoms with Crippen LogP contribution in [-0.2, 0) is 9.59 Å². The minimum absolute atomic E-state index is 0.0174. The van der Waals surface area contributed by atoms with Crippen LogP contribution in [0.1, 0.15) is 33.1 Å². The second-order valence-electron chi connectivity index (χ2n) is 4.76. The monoisotopic (exact) mass is 212 g/mol. The van der Waals surface area contributed by atoms with Gasteiger partial charge in [-0.1, -0.05) is 0 Å². The molecular formula is C11H18NO3. The van der Waals surface area contributed by atoms with Gasteiger partial charge in [0.2, 0.25) is 12.2 Å². The van der Waals surface area contributed by atoms with Crippen LogP contribution in [0.15, 0.2) is 0 Å². The normalized spacial score (nSPS) is 19.0. The van der Waals surface area contributed by atoms with Crippen LogP contribution in [0.3, 0.4) is 0 Å². The molecule has 4 nitrogen and oxygen atoms in total. The van der Waals surface area contributed by atoms with Gasteiger partial charge in [-0.2, -0.15) is 0 Å². The molecule has 0 spiro atoms. The molecule has 15 heavy (non-hydrogen) atoms. The molecule has 4 heteroatoms. The largest absolute Gasteiger partial charge is 0.390 e. The van der Waals surface area contributed by atoms with E-state index in [1.54, 1.807) is 18.7 Å². The Bertz CT molecular complexity index is 237. The molecule has 1 aliphatic rings. The Hall–Kier alpha value is -0.900. The first-order valence-electron chi connectivity index (χ1n) is 5.30. The molecule has 1 rings (SSSR count). The molecule has 0 aromatic rings. The molecule has 1 fully saturated rings. The average molecular weight is 212 g/mol. The van der Waals surface area contributed by atoms with Gasteiger partial charge in [-0.15, -0.1) is 0 Å². The Kier molecular flexibility index (Phi) is 3.85. The summed E-state index contributed by atoms with van der Waals surface area (Å²) in [4.78, 5) is 23.8. The van der Waals surface area contributed by atoms with Crippen LogP contribution < -0.4 is 0 Å². The molecule has 0 aromatic carbocycles. The first kappa shape index (κ1) is 12.2. The highest BCUT2D eigenvalue weighted by atomic mass is 16.3. The summed E-state index contributed by atoms with van der Waals surface area (Å²) in [5.74, 6) is -0.0527. The Morgan fingerprint density at radius 1 is 1.47 bits per heavy atom. The highest BCUT2D eigenvalue weighted by Gasteiger charge is 2.26. The number of piperidine rings is 1. The smallest absolute Gasteiger partial charge is 0.225 e. The van der Waals surface area contributed by atoms with Crippen molar-refractivity contribution in [3.8, 4) is 0 Å². The molecular weight excluding hydrogens is 194 g/mol. The SMILES string of the molecule is CC(C)(O)CC(=O)N1CCC([C]=O)CC1. The summed E-state index contributed by atoms with van der Waals surface area (Å²) in [6.45, 7) is 4.46. The molecule has 85 valence electrons. The summed E-state index contributed by atoms with van der Waals surface area (Å²) >= 11 is 0. The number of hydrogen-bond donors (Lipinski definition) is 1. The first-order chi connectivity index (χ1) is 6.92. The number of likely N-dealkylation sites (tertiary alicyclic amines) is 1. The first-order valence-corrected chi connectivity index (χ1v) is 5.30. The maximum Gasteiger partial charge on any atom is 0.225 e. The minimum atomic E-state index is -0.954. The lowest BCUT2D eigenvalue weighted by Crippen LogP contribution is -2.41. The Morgan fingerprint density at radius 2 is 2.00 bits per heavy atom. The number of aliphatic hydroxyl groups is 1. The zero-order valence-corrected chi connectivity index (χ0v) is 9.32. The van der Waals surface area contributed by atoms with Crippen molar-refractivity contribution in [2.75, 3.05) is 13.1 Å². The van der Waals surface area contributed by atoms with Crippen molar-refractivity contribution in [2.45, 2.75) is 38.7 Å². The van der Waals surface area contributed by atoms with Gasteiger partial charge in [0, 0.05) is 19.0 Å². The molecule has 0 saturated carbocycles. The van der Waals surface area contributed by atoms with Crippen molar-refractivity contribution in [3.05, 3.63) is 0 Å². The van der Waals surface area contributed by atoms with Gasteiger partial charge in [0.05, 0.1) is 12.0 Å². The molecule has 0 unspecified atom stereocenters. The van der Waals surface area contributed by atoms with Crippen LogP contribution in [0.5, 0.6) is 0 Å². The molecule has 1 heterocycles. The van der Waals surface area contributed by atoms with Crippen molar-refractivity contribution in [1.82, 2.24) is 4.90 Å². The maximum absolute atomic E-state index is 11.7. The van der Waals surface area contributed by atoms with E-state index in [1.165, 1.54) is 0 Å². The molecule has 1 aliphatic heterocycles. The lowest BCUT2D eigenvalue weighted by molar-refractivity contribution is -0.136. The van der Waals surface area contributed by atoms with Gasteiger partial charge in [-0.25, -0.2) is 0 Å². The average Bonchev–Trinajstić information content (AvgIpc) is 2.15. The zero-order chi connectivity index (χ0) is 11.5. The van der Waals surface area contributed by atoms with Crippen molar-refractivity contribution in [2.24, 2.45) is 5.92 Å². The predicted octanol–water partition coefficient (Wildman–Crippen LogP) is 0.496. The van der Waals surface area contributed by atoms with Crippen molar-refractivity contribution in [3.63, 3.8) is 0 Å². The van der Waals surface area contributed by atoms with Gasteiger partial charge < -0.3 is 10.0 Å². The number of rotatable bonds is 3. The topological polar surface area (TPSA) is 57.6 Å². The quantitative estimate of drug-likeness (QED) is 0.741. The maximum atomic E-state index is 11.7. The second kappa shape index (κ2) is 4.75. The van der Waals surface area contributed by atoms with E-state index in [-0.39, 0.29) is 18.2 Å². The predicted molar refractivity (Wildman–Crippen MR) is 55.9 cm³/mol. The summed E-state index contributed by atoms with van der Waals surface area (Å²) in [5.41, 5.74) is -0.954. The van der Waals surface area contributed by atoms with Crippen LogP contribution in [-0.4, -0.2) is 40.9 Å². The molecule has 0 bridgehead atoms. The van der Waals surface area contributed by atoms with E-state index in [2.05, 4.69) is 0 Å². The standard InChI is InChI=1S/C11H18NO3/c1-11(2,15)7-10(14)12-5-3-9(8-13)4-6-12/h9,15H,3-7H2,1-2H3. The van der Waals surface area contributed by atoms with E-state index < -0.39 is 5.60 Å². The van der Waals surface area contributed by atoms with Gasteiger partial charge in [0.15, 0.2) is 0 Å². The van der Waals surface area contributed by atoms with Crippen LogP contribution in [0.2, 0.25) is 0 Å². The number of hydrogen-bond acceptors (Lipinski definition) is 3. The van der Waals surface area contributed by atoms with E-state index >= 15 is 0 Å². The van der Waals surface area contributed by atoms with E-state index in [0.717, 1.165) is 0 Å². The van der Waals surface area contributed by atoms with Gasteiger partial charge >= 0.3 is 0 Å². The van der Waals surface area contributed by atoms with Crippen molar-refractivity contribution >= 4 is 12.2 Å². The Morgan fingerprint density at radius 3 is 2.40 bits per heavy atom. The van der Waals surface area contributed by atoms with Crippen LogP contribution in [0.25, 0.3) is 0 Å². The molecule has 1 amide bonds. The molecule has 0 atom stereocenters. The van der Waals surface area contributed by atoms with Gasteiger partial charge in [-0.3, -0.25) is 9.59 Å². The number of carbonyl (C=O) groups excluding carboxylic acids is 2. The second-order valence-corrected chi connectivity index (χ2v) is 4.76. The van der Waals surface area contributed by atoms with E-state index in [9.17, 15) is 14.7 Å². The summed E-state index contributed by atoms with van der Waals surface area (Å²) in [7, 11) is 0. The lowest BCUT2D eigenvalue weighted by atomic mass is 9.97. The molecule has 0 aliphatic carbocycles. The molecule has 1 saturated heterocycles. The number of carbonyl (C=O) groups is 1.